The Kier molecular flexibility index (Phi) is 6.36. The molecular formula is C21H22N2O4S. The number of hydrogen-bond acceptors (Lipinski definition) is 5. The van der Waals surface area contributed by atoms with E-state index in [4.69, 9.17) is 4.74 Å². The Hall–Kier alpha value is -2.80. The summed E-state index contributed by atoms with van der Waals surface area (Å²) in [5, 5.41) is 2.71. The average Bonchev–Trinajstić information content (AvgIpc) is 3.08. The molecule has 2 aromatic carbocycles. The maximum Gasteiger partial charge on any atom is 0.326 e. The van der Waals surface area contributed by atoms with Gasteiger partial charge in [0.25, 0.3) is 11.1 Å². The number of amides is 2. The first-order chi connectivity index (χ1) is 13.4. The van der Waals surface area contributed by atoms with E-state index < -0.39 is 18.0 Å². The van der Waals surface area contributed by atoms with Crippen molar-refractivity contribution in [2.24, 2.45) is 0 Å². The summed E-state index contributed by atoms with van der Waals surface area (Å²) in [4.78, 5) is 38.5. The first-order valence-electron chi connectivity index (χ1n) is 8.98. The van der Waals surface area contributed by atoms with Crippen molar-refractivity contribution in [2.45, 2.75) is 20.0 Å². The first kappa shape index (κ1) is 19.9. The Morgan fingerprint density at radius 3 is 2.61 bits per heavy atom. The highest BCUT2D eigenvalue weighted by atomic mass is 32.2. The number of esters is 1. The highest BCUT2D eigenvalue weighted by molar-refractivity contribution is 8.13. The molecule has 1 aliphatic rings. The van der Waals surface area contributed by atoms with Crippen molar-refractivity contribution in [3.63, 3.8) is 0 Å². The Balaban J connectivity index is 1.77. The number of ether oxygens (including phenoxy) is 1. The molecule has 146 valence electrons. The van der Waals surface area contributed by atoms with Crippen LogP contribution in [0.1, 0.15) is 22.8 Å². The number of carbonyl (C=O) groups excluding carboxylic acids is 3. The fraction of sp³-hybridized carbons (Fsp3) is 0.286. The van der Waals surface area contributed by atoms with Crippen molar-refractivity contribution in [3.8, 4) is 0 Å². The summed E-state index contributed by atoms with van der Waals surface area (Å²) in [5.74, 6) is -0.391. The van der Waals surface area contributed by atoms with E-state index in [2.05, 4.69) is 5.32 Å². The van der Waals surface area contributed by atoms with Crippen molar-refractivity contribution in [2.75, 3.05) is 24.2 Å². The minimum atomic E-state index is -1.10. The van der Waals surface area contributed by atoms with Crippen LogP contribution < -0.4 is 5.32 Å². The van der Waals surface area contributed by atoms with E-state index in [0.29, 0.717) is 23.5 Å². The molecule has 1 N–H and O–H groups in total. The Bertz CT molecular complexity index is 885. The molecule has 0 aromatic heterocycles. The lowest BCUT2D eigenvalue weighted by Crippen LogP contribution is -2.34. The minimum absolute atomic E-state index is 0.145. The van der Waals surface area contributed by atoms with Gasteiger partial charge in [-0.2, -0.15) is 0 Å². The lowest BCUT2D eigenvalue weighted by atomic mass is 10.1. The number of nitrogens with zero attached hydrogens (tertiary/aromatic N) is 1. The van der Waals surface area contributed by atoms with Gasteiger partial charge in [-0.1, -0.05) is 54.2 Å². The minimum Gasteiger partial charge on any atom is -0.446 e. The zero-order chi connectivity index (χ0) is 20.1. The van der Waals surface area contributed by atoms with Gasteiger partial charge in [-0.3, -0.25) is 14.4 Å². The summed E-state index contributed by atoms with van der Waals surface area (Å²) in [5.41, 5.74) is 3.17. The van der Waals surface area contributed by atoms with E-state index in [1.807, 2.05) is 38.1 Å². The molecule has 0 aliphatic carbocycles. The van der Waals surface area contributed by atoms with E-state index in [-0.39, 0.29) is 11.8 Å². The molecule has 0 bridgehead atoms. The van der Waals surface area contributed by atoms with E-state index in [9.17, 15) is 14.4 Å². The van der Waals surface area contributed by atoms with Crippen LogP contribution >= 0.6 is 11.8 Å². The largest absolute Gasteiger partial charge is 0.446 e. The lowest BCUT2D eigenvalue weighted by Gasteiger charge is -2.21. The van der Waals surface area contributed by atoms with E-state index in [1.54, 1.807) is 24.3 Å². The molecule has 1 atom stereocenters. The summed E-state index contributed by atoms with van der Waals surface area (Å²) >= 11 is 1.17. The zero-order valence-electron chi connectivity index (χ0n) is 15.8. The SMILES string of the molecule is Cc1ccc(C)c(NC(=O)[C@H](OC(=O)CN2CCSC2=O)c2ccccc2)c1. The second-order valence-electron chi connectivity index (χ2n) is 6.62. The van der Waals surface area contributed by atoms with E-state index in [1.165, 1.54) is 16.7 Å². The quantitative estimate of drug-likeness (QED) is 0.751. The summed E-state index contributed by atoms with van der Waals surface area (Å²) in [6.07, 6.45) is -1.10. The third-order valence-electron chi connectivity index (χ3n) is 4.41. The zero-order valence-corrected chi connectivity index (χ0v) is 16.6. The molecule has 0 spiro atoms. The molecule has 7 heteroatoms. The normalized spacial score (nSPS) is 14.6. The third-order valence-corrected chi connectivity index (χ3v) is 5.30. The second kappa shape index (κ2) is 8.93. The molecular weight excluding hydrogens is 376 g/mol. The maximum absolute atomic E-state index is 12.9. The maximum atomic E-state index is 12.9. The third kappa shape index (κ3) is 4.92. The van der Waals surface area contributed by atoms with Gasteiger partial charge >= 0.3 is 5.97 Å². The van der Waals surface area contributed by atoms with E-state index in [0.717, 1.165) is 11.1 Å². The molecule has 2 amide bonds. The Morgan fingerprint density at radius 1 is 1.18 bits per heavy atom. The first-order valence-corrected chi connectivity index (χ1v) is 9.97. The predicted octanol–water partition coefficient (Wildman–Crippen LogP) is 3.70. The Morgan fingerprint density at radius 2 is 1.93 bits per heavy atom. The van der Waals surface area contributed by atoms with Gasteiger partial charge < -0.3 is 15.0 Å². The highest BCUT2D eigenvalue weighted by Crippen LogP contribution is 2.23. The van der Waals surface area contributed by atoms with Gasteiger partial charge in [0.15, 0.2) is 0 Å². The molecule has 28 heavy (non-hydrogen) atoms. The molecule has 0 unspecified atom stereocenters. The summed E-state index contributed by atoms with van der Waals surface area (Å²) < 4.78 is 5.50. The van der Waals surface area contributed by atoms with Crippen LogP contribution in [0.4, 0.5) is 10.5 Å². The molecule has 1 heterocycles. The van der Waals surface area contributed by atoms with Crippen LogP contribution in [0.15, 0.2) is 48.5 Å². The molecule has 0 radical (unpaired) electrons. The molecule has 1 fully saturated rings. The monoisotopic (exact) mass is 398 g/mol. The van der Waals surface area contributed by atoms with Crippen LogP contribution in [0.25, 0.3) is 0 Å². The van der Waals surface area contributed by atoms with Gasteiger partial charge in [-0.05, 0) is 31.0 Å². The van der Waals surface area contributed by atoms with Crippen LogP contribution in [0.3, 0.4) is 0 Å². The number of carbonyl (C=O) groups is 3. The molecule has 2 aromatic rings. The standard InChI is InChI=1S/C21H22N2O4S/c1-14-8-9-15(2)17(12-14)22-20(25)19(16-6-4-3-5-7-16)27-18(24)13-23-10-11-28-21(23)26/h3-9,12,19H,10-11,13H2,1-2H3,(H,22,25)/t19-/m1/s1. The fourth-order valence-electron chi connectivity index (χ4n) is 2.86. The number of aryl methyl sites for hydroxylation is 2. The van der Waals surface area contributed by atoms with Crippen molar-refractivity contribution in [1.29, 1.82) is 0 Å². The van der Waals surface area contributed by atoms with Gasteiger partial charge in [0.2, 0.25) is 6.10 Å². The van der Waals surface area contributed by atoms with Gasteiger partial charge in [0.1, 0.15) is 6.54 Å². The van der Waals surface area contributed by atoms with Crippen LogP contribution in [-0.2, 0) is 14.3 Å². The van der Waals surface area contributed by atoms with Crippen molar-refractivity contribution < 1.29 is 19.1 Å². The van der Waals surface area contributed by atoms with Gasteiger partial charge in [-0.25, -0.2) is 0 Å². The highest BCUT2D eigenvalue weighted by Gasteiger charge is 2.29. The molecule has 1 saturated heterocycles. The van der Waals surface area contributed by atoms with Crippen molar-refractivity contribution in [3.05, 3.63) is 65.2 Å². The van der Waals surface area contributed by atoms with E-state index >= 15 is 0 Å². The summed E-state index contributed by atoms with van der Waals surface area (Å²) in [6, 6.07) is 14.6. The summed E-state index contributed by atoms with van der Waals surface area (Å²) in [7, 11) is 0. The van der Waals surface area contributed by atoms with Crippen LogP contribution in [0, 0.1) is 13.8 Å². The molecule has 3 rings (SSSR count). The summed E-state index contributed by atoms with van der Waals surface area (Å²) in [6.45, 7) is 4.18. The second-order valence-corrected chi connectivity index (χ2v) is 7.67. The number of thioether (sulfide) groups is 1. The van der Waals surface area contributed by atoms with Gasteiger partial charge in [0.05, 0.1) is 0 Å². The topological polar surface area (TPSA) is 75.7 Å². The van der Waals surface area contributed by atoms with Gasteiger partial charge in [0, 0.05) is 23.5 Å². The smallest absolute Gasteiger partial charge is 0.326 e. The number of anilines is 1. The molecule has 6 nitrogen and oxygen atoms in total. The number of hydrogen-bond donors (Lipinski definition) is 1. The Labute approximate surface area is 168 Å². The van der Waals surface area contributed by atoms with Gasteiger partial charge in [-0.15, -0.1) is 0 Å². The number of rotatable bonds is 6. The van der Waals surface area contributed by atoms with Crippen LogP contribution in [0.5, 0.6) is 0 Å². The number of benzene rings is 2. The van der Waals surface area contributed by atoms with Crippen LogP contribution in [0.2, 0.25) is 0 Å². The lowest BCUT2D eigenvalue weighted by molar-refractivity contribution is -0.155. The predicted molar refractivity (Wildman–Crippen MR) is 109 cm³/mol. The molecule has 1 aliphatic heterocycles. The number of nitrogens with one attached hydrogen (secondary N) is 1. The molecule has 0 saturated carbocycles. The van der Waals surface area contributed by atoms with Crippen molar-refractivity contribution in [1.82, 2.24) is 4.90 Å². The fourth-order valence-corrected chi connectivity index (χ4v) is 3.69. The average molecular weight is 398 g/mol. The van der Waals surface area contributed by atoms with Crippen molar-refractivity contribution >= 4 is 34.6 Å². The van der Waals surface area contributed by atoms with Crippen LogP contribution in [-0.4, -0.2) is 40.9 Å².